The summed E-state index contributed by atoms with van der Waals surface area (Å²) in [4.78, 5) is 4.06. The number of hydrogen-bond donors (Lipinski definition) is 2. The van der Waals surface area contributed by atoms with Gasteiger partial charge >= 0.3 is 0 Å². The van der Waals surface area contributed by atoms with E-state index in [-0.39, 0.29) is 0 Å². The summed E-state index contributed by atoms with van der Waals surface area (Å²) in [6.07, 6.45) is 1.72. The van der Waals surface area contributed by atoms with Gasteiger partial charge in [0.25, 0.3) is 0 Å². The maximum Gasteiger partial charge on any atom is 0.213 e. The minimum absolute atomic E-state index is 0.324. The van der Waals surface area contributed by atoms with Crippen molar-refractivity contribution in [2.45, 2.75) is 20.0 Å². The Balaban J connectivity index is 1.94. The lowest BCUT2D eigenvalue weighted by Gasteiger charge is -2.08. The summed E-state index contributed by atoms with van der Waals surface area (Å²) in [5.74, 6) is 0.933. The van der Waals surface area contributed by atoms with Gasteiger partial charge in [0.1, 0.15) is 5.75 Å². The number of nitrogens with one attached hydrogen (secondary N) is 1. The zero-order valence-electron chi connectivity index (χ0n) is 11.2. The van der Waals surface area contributed by atoms with Crippen LogP contribution in [0.3, 0.4) is 0 Å². The molecular weight excluding hydrogens is 240 g/mol. The minimum Gasteiger partial charge on any atom is -0.508 e. The number of aromatic hydroxyl groups is 1. The van der Waals surface area contributed by atoms with Crippen LogP contribution < -0.4 is 10.1 Å². The second kappa shape index (κ2) is 6.20. The van der Waals surface area contributed by atoms with Gasteiger partial charge in [-0.2, -0.15) is 0 Å². The molecule has 2 aromatic rings. The molecule has 0 aliphatic rings. The van der Waals surface area contributed by atoms with Crippen LogP contribution in [0.5, 0.6) is 11.6 Å². The first kappa shape index (κ1) is 13.4. The first-order valence-electron chi connectivity index (χ1n) is 6.17. The molecule has 0 saturated carbocycles. The lowest BCUT2D eigenvalue weighted by molar-refractivity contribution is 0.397. The van der Waals surface area contributed by atoms with Crippen LogP contribution in [0.2, 0.25) is 0 Å². The smallest absolute Gasteiger partial charge is 0.213 e. The molecule has 0 aliphatic carbocycles. The summed E-state index contributed by atoms with van der Waals surface area (Å²) in [7, 11) is 1.60. The third-order valence-corrected chi connectivity index (χ3v) is 2.89. The van der Waals surface area contributed by atoms with Crippen LogP contribution in [0.25, 0.3) is 0 Å². The van der Waals surface area contributed by atoms with Gasteiger partial charge in [-0.25, -0.2) is 4.98 Å². The molecular formula is C15H18N2O2. The molecule has 0 spiro atoms. The summed E-state index contributed by atoms with van der Waals surface area (Å²) < 4.78 is 5.08. The van der Waals surface area contributed by atoms with E-state index in [1.165, 1.54) is 0 Å². The maximum absolute atomic E-state index is 9.74. The topological polar surface area (TPSA) is 54.4 Å². The molecule has 0 bridgehead atoms. The van der Waals surface area contributed by atoms with Gasteiger partial charge in [-0.1, -0.05) is 17.7 Å². The molecule has 0 atom stereocenters. The molecule has 0 radical (unpaired) electrons. The number of phenols is 1. The predicted molar refractivity (Wildman–Crippen MR) is 74.2 cm³/mol. The van der Waals surface area contributed by atoms with Gasteiger partial charge in [-0.15, -0.1) is 0 Å². The molecule has 0 saturated heterocycles. The summed E-state index contributed by atoms with van der Waals surface area (Å²) in [5.41, 5.74) is 3.14. The fourth-order valence-corrected chi connectivity index (χ4v) is 1.87. The van der Waals surface area contributed by atoms with Crippen LogP contribution in [-0.4, -0.2) is 17.2 Å². The SMILES string of the molecule is COc1cc(CNCc2cc(C)ccc2O)ccn1. The molecule has 2 N–H and O–H groups in total. The van der Waals surface area contributed by atoms with Crippen molar-refractivity contribution in [3.63, 3.8) is 0 Å². The lowest BCUT2D eigenvalue weighted by atomic mass is 10.1. The molecule has 4 heteroatoms. The van der Waals surface area contributed by atoms with E-state index in [1.54, 1.807) is 19.4 Å². The maximum atomic E-state index is 9.74. The predicted octanol–water partition coefficient (Wildman–Crippen LogP) is 2.39. The summed E-state index contributed by atoms with van der Waals surface area (Å²) in [5, 5.41) is 13.0. The molecule has 100 valence electrons. The van der Waals surface area contributed by atoms with E-state index >= 15 is 0 Å². The zero-order chi connectivity index (χ0) is 13.7. The normalized spacial score (nSPS) is 10.4. The van der Waals surface area contributed by atoms with Crippen molar-refractivity contribution in [3.8, 4) is 11.6 Å². The van der Waals surface area contributed by atoms with E-state index < -0.39 is 0 Å². The van der Waals surface area contributed by atoms with Crippen molar-refractivity contribution in [1.82, 2.24) is 10.3 Å². The largest absolute Gasteiger partial charge is 0.508 e. The van der Waals surface area contributed by atoms with Gasteiger partial charge < -0.3 is 15.2 Å². The molecule has 0 amide bonds. The molecule has 19 heavy (non-hydrogen) atoms. The van der Waals surface area contributed by atoms with Crippen LogP contribution in [0.1, 0.15) is 16.7 Å². The Bertz CT molecular complexity index is 556. The van der Waals surface area contributed by atoms with Crippen molar-refractivity contribution in [2.24, 2.45) is 0 Å². The van der Waals surface area contributed by atoms with Gasteiger partial charge in [-0.05, 0) is 24.6 Å². The number of benzene rings is 1. The molecule has 0 fully saturated rings. The van der Waals surface area contributed by atoms with Crippen LogP contribution in [-0.2, 0) is 13.1 Å². The number of methoxy groups -OCH3 is 1. The number of aromatic nitrogens is 1. The first-order valence-corrected chi connectivity index (χ1v) is 6.17. The Morgan fingerprint density at radius 3 is 2.84 bits per heavy atom. The van der Waals surface area contributed by atoms with Gasteiger partial charge in [0.15, 0.2) is 0 Å². The highest BCUT2D eigenvalue weighted by molar-refractivity contribution is 5.35. The number of ether oxygens (including phenoxy) is 1. The Morgan fingerprint density at radius 2 is 2.05 bits per heavy atom. The van der Waals surface area contributed by atoms with Gasteiger partial charge in [-0.3, -0.25) is 0 Å². The summed E-state index contributed by atoms with van der Waals surface area (Å²) >= 11 is 0. The highest BCUT2D eigenvalue weighted by Gasteiger charge is 2.02. The molecule has 4 nitrogen and oxygen atoms in total. The third kappa shape index (κ3) is 3.69. The first-order chi connectivity index (χ1) is 9.19. The van der Waals surface area contributed by atoms with Crippen molar-refractivity contribution in [2.75, 3.05) is 7.11 Å². The van der Waals surface area contributed by atoms with Gasteiger partial charge in [0, 0.05) is 30.9 Å². The lowest BCUT2D eigenvalue weighted by Crippen LogP contribution is -2.13. The second-order valence-corrected chi connectivity index (χ2v) is 4.44. The fraction of sp³-hybridized carbons (Fsp3) is 0.267. The highest BCUT2D eigenvalue weighted by Crippen LogP contribution is 2.18. The van der Waals surface area contributed by atoms with E-state index in [0.717, 1.165) is 16.7 Å². The van der Waals surface area contributed by atoms with E-state index in [4.69, 9.17) is 4.74 Å². The van der Waals surface area contributed by atoms with E-state index in [0.29, 0.717) is 24.7 Å². The molecule has 0 aliphatic heterocycles. The molecule has 0 unspecified atom stereocenters. The van der Waals surface area contributed by atoms with Crippen LogP contribution in [0.4, 0.5) is 0 Å². The number of pyridine rings is 1. The van der Waals surface area contributed by atoms with Crippen LogP contribution in [0, 0.1) is 6.92 Å². The number of phenolic OH excluding ortho intramolecular Hbond substituents is 1. The van der Waals surface area contributed by atoms with E-state index in [1.807, 2.05) is 31.2 Å². The Morgan fingerprint density at radius 1 is 1.21 bits per heavy atom. The summed E-state index contributed by atoms with van der Waals surface area (Å²) in [6.45, 7) is 3.33. The zero-order valence-corrected chi connectivity index (χ0v) is 11.2. The van der Waals surface area contributed by atoms with E-state index in [9.17, 15) is 5.11 Å². The molecule has 2 rings (SSSR count). The van der Waals surface area contributed by atoms with E-state index in [2.05, 4.69) is 10.3 Å². The fourth-order valence-electron chi connectivity index (χ4n) is 1.87. The van der Waals surface area contributed by atoms with Crippen molar-refractivity contribution in [1.29, 1.82) is 0 Å². The number of hydrogen-bond acceptors (Lipinski definition) is 4. The Labute approximate surface area is 113 Å². The minimum atomic E-state index is 0.324. The van der Waals surface area contributed by atoms with Gasteiger partial charge in [0.2, 0.25) is 5.88 Å². The van der Waals surface area contributed by atoms with Crippen molar-refractivity contribution >= 4 is 0 Å². The highest BCUT2D eigenvalue weighted by atomic mass is 16.5. The monoisotopic (exact) mass is 258 g/mol. The average Bonchev–Trinajstić information content (AvgIpc) is 2.43. The molecule has 1 aromatic heterocycles. The quantitative estimate of drug-likeness (QED) is 0.864. The third-order valence-electron chi connectivity index (χ3n) is 2.89. The van der Waals surface area contributed by atoms with Crippen LogP contribution >= 0.6 is 0 Å². The Hall–Kier alpha value is -2.07. The number of nitrogens with zero attached hydrogens (tertiary/aromatic N) is 1. The Kier molecular flexibility index (Phi) is 4.36. The summed E-state index contributed by atoms with van der Waals surface area (Å²) in [6, 6.07) is 9.43. The van der Waals surface area contributed by atoms with Gasteiger partial charge in [0.05, 0.1) is 7.11 Å². The van der Waals surface area contributed by atoms with Crippen molar-refractivity contribution in [3.05, 3.63) is 53.2 Å². The van der Waals surface area contributed by atoms with Crippen LogP contribution in [0.15, 0.2) is 36.5 Å². The average molecular weight is 258 g/mol. The molecule has 1 aromatic carbocycles. The number of rotatable bonds is 5. The van der Waals surface area contributed by atoms with Crippen molar-refractivity contribution < 1.29 is 9.84 Å². The second-order valence-electron chi connectivity index (χ2n) is 4.44. The molecule has 1 heterocycles. The number of aryl methyl sites for hydroxylation is 1. The standard InChI is InChI=1S/C15H18N2O2/c1-11-3-4-14(18)13(7-11)10-16-9-12-5-6-17-15(8-12)19-2/h3-8,16,18H,9-10H2,1-2H3.